The highest BCUT2D eigenvalue weighted by Gasteiger charge is 2.01. The van der Waals surface area contributed by atoms with Gasteiger partial charge in [-0.2, -0.15) is 0 Å². The first-order valence-electron chi connectivity index (χ1n) is 2.53. The molecule has 3 heteroatoms. The van der Waals surface area contributed by atoms with Crippen molar-refractivity contribution in [2.45, 2.75) is 12.8 Å². The van der Waals surface area contributed by atoms with Gasteiger partial charge in [-0.15, -0.1) is 0 Å². The average Bonchev–Trinajstić information content (AvgIpc) is 1.90. The van der Waals surface area contributed by atoms with E-state index in [1.807, 2.05) is 6.26 Å². The molecule has 0 fully saturated rings. The third-order valence-corrected chi connectivity index (χ3v) is 3.19. The quantitative estimate of drug-likeness (QED) is 0.654. The summed E-state index contributed by atoms with van der Waals surface area (Å²) >= 11 is 2.28. The fourth-order valence-corrected chi connectivity index (χ4v) is 1.90. The molecule has 0 saturated carbocycles. The molecule has 1 aliphatic heterocycles. The Balaban J connectivity index is 2.37. The molecule has 0 bridgehead atoms. The van der Waals surface area contributed by atoms with Gasteiger partial charge >= 0.3 is 0 Å². The number of halogens is 1. The Morgan fingerprint density at radius 3 is 3.00 bits per heavy atom. The Morgan fingerprint density at radius 2 is 2.62 bits per heavy atom. The lowest BCUT2D eigenvalue weighted by Gasteiger charge is -2.09. The molecule has 0 aromatic rings. The Kier molecular flexibility index (Phi) is 3.04. The van der Waals surface area contributed by atoms with Crippen molar-refractivity contribution in [1.82, 2.24) is 0 Å². The summed E-state index contributed by atoms with van der Waals surface area (Å²) in [6.07, 6.45) is 4.25. The minimum Gasteiger partial charge on any atom is -0.500 e. The van der Waals surface area contributed by atoms with Crippen molar-refractivity contribution in [2.24, 2.45) is 0 Å². The summed E-state index contributed by atoms with van der Waals surface area (Å²) in [4.78, 5) is 1.36. The third-order valence-electron chi connectivity index (χ3n) is 0.999. The predicted octanol–water partition coefficient (Wildman–Crippen LogP) is 2.72. The second-order valence-corrected chi connectivity index (χ2v) is 3.64. The van der Waals surface area contributed by atoms with E-state index in [1.165, 1.54) is 17.7 Å². The molecule has 1 rings (SSSR count). The second kappa shape index (κ2) is 3.61. The van der Waals surface area contributed by atoms with Crippen molar-refractivity contribution < 1.29 is 4.74 Å². The molecule has 0 aromatic heterocycles. The smallest absolute Gasteiger partial charge is 0.0931 e. The SMILES string of the molecule is ISC1=COCCC1. The molecular weight excluding hydrogens is 235 g/mol. The summed E-state index contributed by atoms with van der Waals surface area (Å²) in [5, 5.41) is 0. The van der Waals surface area contributed by atoms with Crippen LogP contribution in [-0.4, -0.2) is 6.61 Å². The van der Waals surface area contributed by atoms with Crippen molar-refractivity contribution >= 4 is 30.1 Å². The van der Waals surface area contributed by atoms with Crippen LogP contribution in [-0.2, 0) is 4.74 Å². The van der Waals surface area contributed by atoms with Gasteiger partial charge in [-0.3, -0.25) is 0 Å². The van der Waals surface area contributed by atoms with Gasteiger partial charge in [-0.1, -0.05) is 8.93 Å². The van der Waals surface area contributed by atoms with Crippen LogP contribution >= 0.6 is 30.1 Å². The maximum absolute atomic E-state index is 5.09. The molecule has 1 aliphatic rings. The van der Waals surface area contributed by atoms with Gasteiger partial charge in [0.2, 0.25) is 0 Å². The Hall–Kier alpha value is 0.620. The van der Waals surface area contributed by atoms with Crippen molar-refractivity contribution in [1.29, 1.82) is 0 Å². The fraction of sp³-hybridized carbons (Fsp3) is 0.600. The first kappa shape index (κ1) is 6.74. The Labute approximate surface area is 65.4 Å². The van der Waals surface area contributed by atoms with Crippen LogP contribution in [0.4, 0.5) is 0 Å². The van der Waals surface area contributed by atoms with Gasteiger partial charge in [0.15, 0.2) is 0 Å². The van der Waals surface area contributed by atoms with Gasteiger partial charge in [0.25, 0.3) is 0 Å². The zero-order valence-electron chi connectivity index (χ0n) is 4.39. The maximum Gasteiger partial charge on any atom is 0.0931 e. The highest BCUT2D eigenvalue weighted by atomic mass is 127. The van der Waals surface area contributed by atoms with Crippen LogP contribution in [0.3, 0.4) is 0 Å². The van der Waals surface area contributed by atoms with Crippen LogP contribution < -0.4 is 0 Å². The maximum atomic E-state index is 5.09. The molecule has 0 saturated heterocycles. The lowest BCUT2D eigenvalue weighted by atomic mass is 10.3. The largest absolute Gasteiger partial charge is 0.500 e. The molecule has 8 heavy (non-hydrogen) atoms. The van der Waals surface area contributed by atoms with Gasteiger partial charge in [-0.05, 0) is 12.8 Å². The van der Waals surface area contributed by atoms with Gasteiger partial charge < -0.3 is 4.74 Å². The van der Waals surface area contributed by atoms with E-state index in [4.69, 9.17) is 4.74 Å². The molecule has 1 heterocycles. The van der Waals surface area contributed by atoms with E-state index < -0.39 is 0 Å². The summed E-state index contributed by atoms with van der Waals surface area (Å²) in [6.45, 7) is 0.903. The number of hydrogen-bond donors (Lipinski definition) is 0. The molecule has 46 valence electrons. The molecule has 0 aliphatic carbocycles. The highest BCUT2D eigenvalue weighted by molar-refractivity contribution is 14.2. The van der Waals surface area contributed by atoms with Crippen LogP contribution in [0, 0.1) is 0 Å². The molecular formula is C5H7IOS. The normalized spacial score (nSPS) is 19.4. The molecule has 0 amide bonds. The predicted molar refractivity (Wildman–Crippen MR) is 44.9 cm³/mol. The minimum atomic E-state index is 0.903. The van der Waals surface area contributed by atoms with E-state index in [-0.39, 0.29) is 0 Å². The minimum absolute atomic E-state index is 0.903. The summed E-state index contributed by atoms with van der Waals surface area (Å²) in [7, 11) is 1.75. The molecule has 0 atom stereocenters. The Bertz CT molecular complexity index is 103. The molecule has 0 aromatic carbocycles. The molecule has 0 radical (unpaired) electrons. The first-order valence-corrected chi connectivity index (χ1v) is 5.88. The average molecular weight is 242 g/mol. The van der Waals surface area contributed by atoms with E-state index in [1.54, 1.807) is 8.93 Å². The van der Waals surface area contributed by atoms with Crippen molar-refractivity contribution in [3.8, 4) is 0 Å². The van der Waals surface area contributed by atoms with Gasteiger partial charge in [-0.25, -0.2) is 0 Å². The lowest BCUT2D eigenvalue weighted by molar-refractivity contribution is 0.229. The van der Waals surface area contributed by atoms with Crippen LogP contribution in [0.25, 0.3) is 0 Å². The van der Waals surface area contributed by atoms with E-state index in [2.05, 4.69) is 21.2 Å². The third kappa shape index (κ3) is 1.85. The van der Waals surface area contributed by atoms with E-state index in [0.29, 0.717) is 0 Å². The van der Waals surface area contributed by atoms with E-state index in [9.17, 15) is 0 Å². The van der Waals surface area contributed by atoms with Gasteiger partial charge in [0.05, 0.1) is 12.9 Å². The second-order valence-electron chi connectivity index (χ2n) is 1.64. The number of hydrogen-bond acceptors (Lipinski definition) is 2. The summed E-state index contributed by atoms with van der Waals surface area (Å²) in [5.41, 5.74) is 0. The molecule has 1 nitrogen and oxygen atoms in total. The number of rotatable bonds is 1. The zero-order valence-corrected chi connectivity index (χ0v) is 7.37. The first-order chi connectivity index (χ1) is 3.93. The summed E-state index contributed by atoms with van der Waals surface area (Å²) in [5.74, 6) is 0. The van der Waals surface area contributed by atoms with Crippen molar-refractivity contribution in [3.63, 3.8) is 0 Å². The van der Waals surface area contributed by atoms with Crippen molar-refractivity contribution in [3.05, 3.63) is 11.2 Å². The van der Waals surface area contributed by atoms with Crippen LogP contribution in [0.15, 0.2) is 11.2 Å². The topological polar surface area (TPSA) is 9.23 Å². The number of ether oxygens (including phenoxy) is 1. The molecule has 0 spiro atoms. The molecule has 0 N–H and O–H groups in total. The van der Waals surface area contributed by atoms with Crippen molar-refractivity contribution in [2.75, 3.05) is 6.61 Å². The van der Waals surface area contributed by atoms with E-state index in [0.717, 1.165) is 6.61 Å². The van der Waals surface area contributed by atoms with Gasteiger partial charge in [0, 0.05) is 26.1 Å². The highest BCUT2D eigenvalue weighted by Crippen LogP contribution is 2.29. The fourth-order valence-electron chi connectivity index (χ4n) is 0.597. The summed E-state index contributed by atoms with van der Waals surface area (Å²) in [6, 6.07) is 0. The van der Waals surface area contributed by atoms with Crippen LogP contribution in [0.5, 0.6) is 0 Å². The zero-order chi connectivity index (χ0) is 5.82. The summed E-state index contributed by atoms with van der Waals surface area (Å²) < 4.78 is 5.09. The van der Waals surface area contributed by atoms with Crippen LogP contribution in [0.2, 0.25) is 0 Å². The Morgan fingerprint density at radius 1 is 1.75 bits per heavy atom. The van der Waals surface area contributed by atoms with E-state index >= 15 is 0 Å². The number of allylic oxidation sites excluding steroid dienone is 1. The monoisotopic (exact) mass is 242 g/mol. The van der Waals surface area contributed by atoms with Gasteiger partial charge in [0.1, 0.15) is 0 Å². The standard InChI is InChI=1S/C5H7IOS/c6-8-5-2-1-3-7-4-5/h4H,1-3H2. The molecule has 0 unspecified atom stereocenters. The lowest BCUT2D eigenvalue weighted by Crippen LogP contribution is -1.94. The van der Waals surface area contributed by atoms with Crippen LogP contribution in [0.1, 0.15) is 12.8 Å².